The van der Waals surface area contributed by atoms with Gasteiger partial charge in [-0.25, -0.2) is 4.90 Å². The van der Waals surface area contributed by atoms with Crippen LogP contribution in [0.1, 0.15) is 22.8 Å². The molecule has 2 N–H and O–H groups in total. The molecular weight excluding hydrogens is 497 g/mol. The molecule has 1 heterocycles. The molecule has 0 aromatic heterocycles. The average molecular weight is 515 g/mol. The van der Waals surface area contributed by atoms with Crippen molar-refractivity contribution in [1.82, 2.24) is 0 Å². The van der Waals surface area contributed by atoms with Gasteiger partial charge in [0.05, 0.1) is 15.7 Å². The van der Waals surface area contributed by atoms with Gasteiger partial charge < -0.3 is 10.6 Å². The summed E-state index contributed by atoms with van der Waals surface area (Å²) in [6.45, 7) is 2.01. The van der Waals surface area contributed by atoms with Crippen LogP contribution < -0.4 is 15.5 Å². The summed E-state index contributed by atoms with van der Waals surface area (Å²) in [4.78, 5) is 39.4. The first kappa shape index (κ1) is 23.8. The summed E-state index contributed by atoms with van der Waals surface area (Å²) in [7, 11) is 0. The Morgan fingerprint density at radius 1 is 0.853 bits per heavy atom. The Hall–Kier alpha value is -3.32. The van der Waals surface area contributed by atoms with Gasteiger partial charge in [-0.1, -0.05) is 59.9 Å². The summed E-state index contributed by atoms with van der Waals surface area (Å²) in [5.41, 5.74) is 2.65. The molecule has 0 unspecified atom stereocenters. The van der Waals surface area contributed by atoms with Crippen LogP contribution in [-0.2, 0) is 16.0 Å². The number of nitrogens with one attached hydrogen (secondary N) is 2. The van der Waals surface area contributed by atoms with Crippen molar-refractivity contribution in [2.45, 2.75) is 13.3 Å². The van der Waals surface area contributed by atoms with Gasteiger partial charge in [-0.05, 0) is 60.5 Å². The van der Waals surface area contributed by atoms with Crippen molar-refractivity contribution in [2.24, 2.45) is 0 Å². The van der Waals surface area contributed by atoms with Crippen molar-refractivity contribution in [1.29, 1.82) is 0 Å². The van der Waals surface area contributed by atoms with Crippen molar-refractivity contribution < 1.29 is 14.4 Å². The van der Waals surface area contributed by atoms with E-state index >= 15 is 0 Å². The normalized spacial score (nSPS) is 13.5. The van der Waals surface area contributed by atoms with Crippen LogP contribution in [0.4, 0.5) is 17.1 Å². The number of rotatable bonds is 6. The summed E-state index contributed by atoms with van der Waals surface area (Å²) < 4.78 is 0. The molecule has 1 aliphatic rings. The molecule has 0 spiro atoms. The minimum absolute atomic E-state index is 0.0618. The van der Waals surface area contributed by atoms with Crippen LogP contribution in [0.25, 0.3) is 0 Å². The number of anilines is 3. The molecule has 0 saturated heterocycles. The number of aryl methyl sites for hydroxylation is 1. The third-order valence-electron chi connectivity index (χ3n) is 5.20. The fourth-order valence-corrected chi connectivity index (χ4v) is 3.90. The lowest BCUT2D eigenvalue weighted by molar-refractivity contribution is -0.120. The van der Waals surface area contributed by atoms with Crippen LogP contribution in [0.3, 0.4) is 0 Å². The second-order valence-corrected chi connectivity index (χ2v) is 8.64. The average Bonchev–Trinajstić information content (AvgIpc) is 3.04. The Labute approximate surface area is 211 Å². The van der Waals surface area contributed by atoms with E-state index in [0.717, 1.165) is 16.9 Å². The van der Waals surface area contributed by atoms with Crippen molar-refractivity contribution in [3.05, 3.63) is 98.6 Å². The maximum atomic E-state index is 13.0. The predicted octanol–water partition coefficient (Wildman–Crippen LogP) is 6.24. The maximum Gasteiger partial charge on any atom is 0.283 e. The van der Waals surface area contributed by atoms with Crippen LogP contribution in [0.2, 0.25) is 10.0 Å². The summed E-state index contributed by atoms with van der Waals surface area (Å²) >= 11 is 18.1. The highest BCUT2D eigenvalue weighted by Gasteiger charge is 2.39. The van der Waals surface area contributed by atoms with Crippen molar-refractivity contribution in [2.75, 3.05) is 15.5 Å². The van der Waals surface area contributed by atoms with Gasteiger partial charge in [-0.15, -0.1) is 0 Å². The number of nitrogens with zero attached hydrogens (tertiary/aromatic N) is 1. The van der Waals surface area contributed by atoms with Gasteiger partial charge in [0.25, 0.3) is 17.7 Å². The van der Waals surface area contributed by atoms with Gasteiger partial charge in [0.15, 0.2) is 0 Å². The number of amides is 3. The minimum Gasteiger partial charge on any atom is -0.350 e. The SMILES string of the molecule is CCc1ccc(N2C(=O)C(Cl)=C(Nc3cccc(C(=O)Nc4ccc(Cl)c(Cl)c4)c3)C2=O)cc1. The molecule has 0 fully saturated rings. The largest absolute Gasteiger partial charge is 0.350 e. The van der Waals surface area contributed by atoms with E-state index in [-0.39, 0.29) is 10.7 Å². The van der Waals surface area contributed by atoms with Crippen molar-refractivity contribution in [3.8, 4) is 0 Å². The standard InChI is InChI=1S/C25H18Cl3N3O3/c1-2-14-6-9-18(10-7-14)31-24(33)21(28)22(25(31)34)29-16-5-3-4-15(12-16)23(32)30-17-8-11-19(26)20(27)13-17/h3-13,29H,2H2,1H3,(H,30,32). The molecule has 4 rings (SSSR count). The highest BCUT2D eigenvalue weighted by molar-refractivity contribution is 6.53. The second-order valence-electron chi connectivity index (χ2n) is 7.44. The van der Waals surface area contributed by atoms with Gasteiger partial charge in [0, 0.05) is 16.9 Å². The molecule has 0 atom stereocenters. The Kier molecular flexibility index (Phi) is 6.93. The van der Waals surface area contributed by atoms with E-state index in [2.05, 4.69) is 10.6 Å². The van der Waals surface area contributed by atoms with Crippen molar-refractivity contribution in [3.63, 3.8) is 0 Å². The van der Waals surface area contributed by atoms with Gasteiger partial charge in [0.1, 0.15) is 10.7 Å². The van der Waals surface area contributed by atoms with E-state index in [4.69, 9.17) is 34.8 Å². The molecule has 0 aliphatic carbocycles. The quantitative estimate of drug-likeness (QED) is 0.382. The van der Waals surface area contributed by atoms with E-state index in [1.807, 2.05) is 19.1 Å². The minimum atomic E-state index is -0.619. The molecule has 0 radical (unpaired) electrons. The smallest absolute Gasteiger partial charge is 0.283 e. The number of carbonyl (C=O) groups is 3. The van der Waals surface area contributed by atoms with Gasteiger partial charge in [0.2, 0.25) is 0 Å². The van der Waals surface area contributed by atoms with E-state index in [9.17, 15) is 14.4 Å². The molecule has 34 heavy (non-hydrogen) atoms. The van der Waals surface area contributed by atoms with E-state index < -0.39 is 17.7 Å². The molecular formula is C25H18Cl3N3O3. The number of carbonyl (C=O) groups excluding carboxylic acids is 3. The first-order valence-electron chi connectivity index (χ1n) is 10.3. The van der Waals surface area contributed by atoms with E-state index in [1.54, 1.807) is 54.6 Å². The molecule has 172 valence electrons. The number of benzene rings is 3. The van der Waals surface area contributed by atoms with Crippen LogP contribution in [0.15, 0.2) is 77.5 Å². The number of imide groups is 1. The predicted molar refractivity (Wildman–Crippen MR) is 136 cm³/mol. The Morgan fingerprint density at radius 2 is 1.59 bits per heavy atom. The van der Waals surface area contributed by atoms with Crippen LogP contribution >= 0.6 is 34.8 Å². The van der Waals surface area contributed by atoms with E-state index in [0.29, 0.717) is 32.7 Å². The van der Waals surface area contributed by atoms with Gasteiger partial charge >= 0.3 is 0 Å². The lowest BCUT2D eigenvalue weighted by atomic mass is 10.1. The molecule has 3 amide bonds. The zero-order valence-corrected chi connectivity index (χ0v) is 20.1. The van der Waals surface area contributed by atoms with Crippen LogP contribution in [0, 0.1) is 0 Å². The Bertz CT molecular complexity index is 1340. The monoisotopic (exact) mass is 513 g/mol. The Morgan fingerprint density at radius 3 is 2.26 bits per heavy atom. The Balaban J connectivity index is 1.52. The summed E-state index contributed by atoms with van der Waals surface area (Å²) in [5, 5.41) is 6.08. The molecule has 3 aromatic carbocycles. The summed E-state index contributed by atoms with van der Waals surface area (Å²) in [6, 6.07) is 18.3. The lowest BCUT2D eigenvalue weighted by Crippen LogP contribution is -2.32. The highest BCUT2D eigenvalue weighted by Crippen LogP contribution is 2.31. The highest BCUT2D eigenvalue weighted by atomic mass is 35.5. The maximum absolute atomic E-state index is 13.0. The molecule has 0 bridgehead atoms. The molecule has 6 nitrogen and oxygen atoms in total. The number of hydrogen-bond acceptors (Lipinski definition) is 4. The second kappa shape index (κ2) is 9.89. The third-order valence-corrected chi connectivity index (χ3v) is 6.29. The molecule has 1 aliphatic heterocycles. The molecule has 3 aromatic rings. The number of halogens is 3. The van der Waals surface area contributed by atoms with E-state index in [1.165, 1.54) is 0 Å². The summed E-state index contributed by atoms with van der Waals surface area (Å²) in [5.74, 6) is -1.59. The summed E-state index contributed by atoms with van der Waals surface area (Å²) in [6.07, 6.45) is 0.836. The zero-order valence-electron chi connectivity index (χ0n) is 17.9. The van der Waals surface area contributed by atoms with Crippen LogP contribution in [0.5, 0.6) is 0 Å². The topological polar surface area (TPSA) is 78.5 Å². The fourth-order valence-electron chi connectivity index (χ4n) is 3.39. The third kappa shape index (κ3) is 4.80. The van der Waals surface area contributed by atoms with Crippen LogP contribution in [-0.4, -0.2) is 17.7 Å². The zero-order chi connectivity index (χ0) is 24.4. The van der Waals surface area contributed by atoms with Gasteiger partial charge in [-0.2, -0.15) is 0 Å². The molecule has 9 heteroatoms. The van der Waals surface area contributed by atoms with Crippen molar-refractivity contribution >= 4 is 69.6 Å². The molecule has 0 saturated carbocycles. The van der Waals surface area contributed by atoms with Gasteiger partial charge in [-0.3, -0.25) is 14.4 Å². The first-order chi connectivity index (χ1) is 16.3. The lowest BCUT2D eigenvalue weighted by Gasteiger charge is -2.15. The first-order valence-corrected chi connectivity index (χ1v) is 11.4. The fraction of sp³-hybridized carbons (Fsp3) is 0.0800. The number of hydrogen-bond donors (Lipinski definition) is 2.